The van der Waals surface area contributed by atoms with Crippen LogP contribution in [0.4, 0.5) is 5.69 Å². The first kappa shape index (κ1) is 19.9. The second-order valence-corrected chi connectivity index (χ2v) is 7.65. The van der Waals surface area contributed by atoms with Gasteiger partial charge in [-0.25, -0.2) is 0 Å². The Morgan fingerprint density at radius 1 is 1.13 bits per heavy atom. The molecule has 0 aliphatic carbocycles. The molecule has 0 saturated carbocycles. The van der Waals surface area contributed by atoms with Crippen LogP contribution in [0.1, 0.15) is 30.7 Å². The number of nitrogens with zero attached hydrogens (tertiary/aromatic N) is 4. The molecule has 3 aromatic rings. The van der Waals surface area contributed by atoms with Crippen molar-refractivity contribution in [2.24, 2.45) is 0 Å². The number of hydrogen-bond donors (Lipinski definition) is 0. The molecule has 30 heavy (non-hydrogen) atoms. The highest BCUT2D eigenvalue weighted by molar-refractivity contribution is 5.79. The fourth-order valence-electron chi connectivity index (χ4n) is 3.60. The summed E-state index contributed by atoms with van der Waals surface area (Å²) in [5.74, 6) is 1.95. The van der Waals surface area contributed by atoms with E-state index in [9.17, 15) is 4.79 Å². The Hall–Kier alpha value is -3.35. The predicted molar refractivity (Wildman–Crippen MR) is 114 cm³/mol. The fraction of sp³-hybridized carbons (Fsp3) is 0.348. The average Bonchev–Trinajstić information content (AvgIpc) is 3.37. The van der Waals surface area contributed by atoms with Crippen molar-refractivity contribution in [2.75, 3.05) is 32.1 Å². The lowest BCUT2D eigenvalue weighted by molar-refractivity contribution is -0.128. The zero-order valence-corrected chi connectivity index (χ0v) is 17.5. The Kier molecular flexibility index (Phi) is 5.70. The summed E-state index contributed by atoms with van der Waals surface area (Å²) < 4.78 is 10.9. The number of amides is 1. The van der Waals surface area contributed by atoms with E-state index in [1.54, 1.807) is 0 Å². The van der Waals surface area contributed by atoms with Crippen LogP contribution >= 0.6 is 0 Å². The number of benzene rings is 2. The standard InChI is InChI=1S/C23H26N4O3/c1-4-29-20-11-5-16(6-12-20)14-27-15-18(13-21(27)28)22-24-23(30-25-22)17-7-9-19(10-8-17)26(2)3/h5-12,18H,4,13-15H2,1-3H3. The Labute approximate surface area is 176 Å². The quantitative estimate of drug-likeness (QED) is 0.596. The molecule has 1 saturated heterocycles. The van der Waals surface area contributed by atoms with E-state index in [1.807, 2.05) is 79.3 Å². The number of anilines is 1. The lowest BCUT2D eigenvalue weighted by Gasteiger charge is -2.16. The topological polar surface area (TPSA) is 71.7 Å². The van der Waals surface area contributed by atoms with E-state index in [0.717, 1.165) is 22.6 Å². The minimum Gasteiger partial charge on any atom is -0.494 e. The summed E-state index contributed by atoms with van der Waals surface area (Å²) in [6, 6.07) is 15.8. The Bertz CT molecular complexity index is 996. The predicted octanol–water partition coefficient (Wildman–Crippen LogP) is 3.72. The number of hydrogen-bond acceptors (Lipinski definition) is 6. The minimum absolute atomic E-state index is 0.0567. The molecule has 0 bridgehead atoms. The summed E-state index contributed by atoms with van der Waals surface area (Å²) >= 11 is 0. The summed E-state index contributed by atoms with van der Waals surface area (Å²) in [6.07, 6.45) is 0.398. The van der Waals surface area contributed by atoms with Crippen LogP contribution in [0, 0.1) is 0 Å². The molecular weight excluding hydrogens is 380 g/mol. The Morgan fingerprint density at radius 2 is 1.87 bits per heavy atom. The number of ether oxygens (including phenoxy) is 1. The molecule has 7 heteroatoms. The molecule has 2 heterocycles. The van der Waals surface area contributed by atoms with Crippen molar-refractivity contribution in [2.45, 2.75) is 25.8 Å². The summed E-state index contributed by atoms with van der Waals surface area (Å²) in [6.45, 7) is 3.75. The second-order valence-electron chi connectivity index (χ2n) is 7.65. The summed E-state index contributed by atoms with van der Waals surface area (Å²) in [5, 5.41) is 4.15. The van der Waals surface area contributed by atoms with Crippen molar-refractivity contribution in [1.29, 1.82) is 0 Å². The zero-order valence-electron chi connectivity index (χ0n) is 17.5. The first-order valence-electron chi connectivity index (χ1n) is 10.1. The van der Waals surface area contributed by atoms with Gasteiger partial charge in [-0.2, -0.15) is 4.98 Å². The number of aromatic nitrogens is 2. The van der Waals surface area contributed by atoms with Gasteiger partial charge in [0.1, 0.15) is 5.75 Å². The monoisotopic (exact) mass is 406 g/mol. The van der Waals surface area contributed by atoms with Crippen LogP contribution in [0.3, 0.4) is 0 Å². The van der Waals surface area contributed by atoms with Gasteiger partial charge in [0.15, 0.2) is 5.82 Å². The van der Waals surface area contributed by atoms with Crippen LogP contribution in [-0.4, -0.2) is 48.2 Å². The van der Waals surface area contributed by atoms with Gasteiger partial charge < -0.3 is 19.1 Å². The molecule has 1 aliphatic rings. The van der Waals surface area contributed by atoms with E-state index in [4.69, 9.17) is 9.26 Å². The van der Waals surface area contributed by atoms with Gasteiger partial charge in [-0.1, -0.05) is 17.3 Å². The molecule has 0 radical (unpaired) electrons. The highest BCUT2D eigenvalue weighted by Crippen LogP contribution is 2.30. The molecule has 1 fully saturated rings. The third-order valence-electron chi connectivity index (χ3n) is 5.26. The first-order valence-corrected chi connectivity index (χ1v) is 10.1. The van der Waals surface area contributed by atoms with Crippen LogP contribution < -0.4 is 9.64 Å². The number of carbonyl (C=O) groups excluding carboxylic acids is 1. The van der Waals surface area contributed by atoms with Gasteiger partial charge in [-0.3, -0.25) is 4.79 Å². The Balaban J connectivity index is 1.41. The van der Waals surface area contributed by atoms with Gasteiger partial charge >= 0.3 is 0 Å². The minimum atomic E-state index is -0.0567. The normalized spacial score (nSPS) is 16.2. The largest absolute Gasteiger partial charge is 0.494 e. The van der Waals surface area contributed by atoms with E-state index in [1.165, 1.54) is 0 Å². The van der Waals surface area contributed by atoms with Crippen molar-refractivity contribution < 1.29 is 14.1 Å². The third kappa shape index (κ3) is 4.30. The SMILES string of the molecule is CCOc1ccc(CN2CC(c3noc(-c4ccc(N(C)C)cc4)n3)CC2=O)cc1. The highest BCUT2D eigenvalue weighted by Gasteiger charge is 2.33. The van der Waals surface area contributed by atoms with Gasteiger partial charge in [0.05, 0.1) is 6.61 Å². The van der Waals surface area contributed by atoms with Crippen molar-refractivity contribution in [1.82, 2.24) is 15.0 Å². The van der Waals surface area contributed by atoms with Crippen LogP contribution in [0.2, 0.25) is 0 Å². The second kappa shape index (κ2) is 8.57. The molecular formula is C23H26N4O3. The number of rotatable bonds is 7. The molecule has 4 rings (SSSR count). The maximum atomic E-state index is 12.5. The van der Waals surface area contributed by atoms with Crippen molar-refractivity contribution in [3.8, 4) is 17.2 Å². The summed E-state index contributed by atoms with van der Waals surface area (Å²) in [7, 11) is 3.99. The van der Waals surface area contributed by atoms with Crippen molar-refractivity contribution in [3.05, 3.63) is 59.9 Å². The molecule has 0 N–H and O–H groups in total. The molecule has 1 aromatic heterocycles. The van der Waals surface area contributed by atoms with Gasteiger partial charge in [-0.05, 0) is 48.9 Å². The van der Waals surface area contributed by atoms with E-state index in [-0.39, 0.29) is 11.8 Å². The smallest absolute Gasteiger partial charge is 0.257 e. The van der Waals surface area contributed by atoms with Crippen LogP contribution in [0.25, 0.3) is 11.5 Å². The molecule has 1 amide bonds. The molecule has 1 aliphatic heterocycles. The molecule has 1 unspecified atom stereocenters. The summed E-state index contributed by atoms with van der Waals surface area (Å²) in [4.78, 5) is 21.0. The van der Waals surface area contributed by atoms with Crippen molar-refractivity contribution >= 4 is 11.6 Å². The molecule has 1 atom stereocenters. The molecule has 0 spiro atoms. The maximum Gasteiger partial charge on any atom is 0.257 e. The lowest BCUT2D eigenvalue weighted by atomic mass is 10.1. The van der Waals surface area contributed by atoms with E-state index in [2.05, 4.69) is 10.1 Å². The van der Waals surface area contributed by atoms with Gasteiger partial charge in [0.2, 0.25) is 5.91 Å². The Morgan fingerprint density at radius 3 is 2.53 bits per heavy atom. The fourth-order valence-corrected chi connectivity index (χ4v) is 3.60. The molecule has 156 valence electrons. The third-order valence-corrected chi connectivity index (χ3v) is 5.26. The number of carbonyl (C=O) groups is 1. The van der Waals surface area contributed by atoms with Gasteiger partial charge in [0, 0.05) is 50.8 Å². The van der Waals surface area contributed by atoms with Crippen molar-refractivity contribution in [3.63, 3.8) is 0 Å². The first-order chi connectivity index (χ1) is 14.5. The number of likely N-dealkylation sites (tertiary alicyclic amines) is 1. The molecule has 2 aromatic carbocycles. The van der Waals surface area contributed by atoms with Gasteiger partial charge in [-0.15, -0.1) is 0 Å². The van der Waals surface area contributed by atoms with E-state index >= 15 is 0 Å². The molecule has 7 nitrogen and oxygen atoms in total. The van der Waals surface area contributed by atoms with Gasteiger partial charge in [0.25, 0.3) is 5.89 Å². The van der Waals surface area contributed by atoms with E-state index in [0.29, 0.717) is 37.8 Å². The highest BCUT2D eigenvalue weighted by atomic mass is 16.5. The van der Waals surface area contributed by atoms with Crippen LogP contribution in [-0.2, 0) is 11.3 Å². The average molecular weight is 406 g/mol. The maximum absolute atomic E-state index is 12.5. The van der Waals surface area contributed by atoms with Crippen LogP contribution in [0.15, 0.2) is 53.1 Å². The lowest BCUT2D eigenvalue weighted by Crippen LogP contribution is -2.24. The summed E-state index contributed by atoms with van der Waals surface area (Å²) in [5.41, 5.74) is 3.04. The van der Waals surface area contributed by atoms with E-state index < -0.39 is 0 Å². The zero-order chi connectivity index (χ0) is 21.1. The van der Waals surface area contributed by atoms with Crippen LogP contribution in [0.5, 0.6) is 5.75 Å².